The van der Waals surface area contributed by atoms with Crippen molar-refractivity contribution in [2.45, 2.75) is 13.3 Å². The first-order chi connectivity index (χ1) is 12.8. The Kier molecular flexibility index (Phi) is 6.79. The van der Waals surface area contributed by atoms with Gasteiger partial charge in [-0.1, -0.05) is 17.7 Å². The van der Waals surface area contributed by atoms with Crippen molar-refractivity contribution in [1.29, 1.82) is 0 Å². The maximum absolute atomic E-state index is 12.2. The van der Waals surface area contributed by atoms with Gasteiger partial charge in [-0.2, -0.15) is 0 Å². The first kappa shape index (κ1) is 20.3. The number of esters is 1. The van der Waals surface area contributed by atoms with E-state index in [1.807, 2.05) is 13.0 Å². The number of aryl methyl sites for hydroxylation is 1. The molecule has 0 aliphatic rings. The molecule has 0 radical (unpaired) electrons. The fraction of sp³-hybridized carbons (Fsp3) is 0.211. The molecule has 2 aromatic rings. The van der Waals surface area contributed by atoms with Gasteiger partial charge in [-0.3, -0.25) is 9.59 Å². The minimum atomic E-state index is -0.581. The maximum Gasteiger partial charge on any atom is 0.337 e. The van der Waals surface area contributed by atoms with Crippen LogP contribution in [-0.4, -0.2) is 32.0 Å². The van der Waals surface area contributed by atoms with Crippen LogP contribution in [0.5, 0.6) is 5.75 Å². The molecule has 0 aliphatic carbocycles. The van der Waals surface area contributed by atoms with Gasteiger partial charge >= 0.3 is 5.97 Å². The molecule has 2 amide bonds. The molecule has 7 nitrogen and oxygen atoms in total. The number of ether oxygens (including phenoxy) is 2. The summed E-state index contributed by atoms with van der Waals surface area (Å²) in [5.74, 6) is -1.17. The Labute approximate surface area is 161 Å². The predicted octanol–water partition coefficient (Wildman–Crippen LogP) is 3.41. The highest BCUT2D eigenvalue weighted by molar-refractivity contribution is 6.34. The first-order valence-electron chi connectivity index (χ1n) is 7.96. The largest absolute Gasteiger partial charge is 0.495 e. The second kappa shape index (κ2) is 9.05. The van der Waals surface area contributed by atoms with Gasteiger partial charge in [-0.15, -0.1) is 0 Å². The Morgan fingerprint density at radius 1 is 0.963 bits per heavy atom. The van der Waals surface area contributed by atoms with Gasteiger partial charge in [-0.05, 0) is 42.8 Å². The van der Waals surface area contributed by atoms with Crippen LogP contribution in [0.15, 0.2) is 36.4 Å². The lowest BCUT2D eigenvalue weighted by Crippen LogP contribution is -2.22. The molecule has 0 spiro atoms. The van der Waals surface area contributed by atoms with Crippen LogP contribution in [0.1, 0.15) is 22.3 Å². The number of anilines is 2. The number of rotatable bonds is 6. The van der Waals surface area contributed by atoms with Crippen molar-refractivity contribution in [1.82, 2.24) is 0 Å². The van der Waals surface area contributed by atoms with Gasteiger partial charge < -0.3 is 20.1 Å². The normalized spacial score (nSPS) is 10.1. The van der Waals surface area contributed by atoms with E-state index in [9.17, 15) is 14.4 Å². The van der Waals surface area contributed by atoms with Crippen LogP contribution in [0, 0.1) is 6.92 Å². The summed E-state index contributed by atoms with van der Waals surface area (Å²) in [6.45, 7) is 1.87. The molecule has 2 rings (SSSR count). The van der Waals surface area contributed by atoms with Crippen molar-refractivity contribution in [3.8, 4) is 5.75 Å². The van der Waals surface area contributed by atoms with E-state index in [2.05, 4.69) is 15.4 Å². The van der Waals surface area contributed by atoms with Gasteiger partial charge in [0.2, 0.25) is 11.8 Å². The third kappa shape index (κ3) is 5.46. The smallest absolute Gasteiger partial charge is 0.337 e. The molecule has 0 bridgehead atoms. The third-order valence-corrected chi connectivity index (χ3v) is 3.94. The molecule has 0 atom stereocenters. The Balaban J connectivity index is 2.05. The fourth-order valence-electron chi connectivity index (χ4n) is 2.32. The summed E-state index contributed by atoms with van der Waals surface area (Å²) < 4.78 is 9.82. The predicted molar refractivity (Wildman–Crippen MR) is 102 cm³/mol. The lowest BCUT2D eigenvalue weighted by molar-refractivity contribution is -0.123. The Bertz CT molecular complexity index is 882. The number of nitrogens with one attached hydrogen (secondary N) is 2. The zero-order valence-electron chi connectivity index (χ0n) is 15.1. The number of carbonyl (C=O) groups is 3. The van der Waals surface area contributed by atoms with Crippen molar-refractivity contribution in [2.24, 2.45) is 0 Å². The molecule has 0 saturated heterocycles. The van der Waals surface area contributed by atoms with Gasteiger partial charge in [0, 0.05) is 0 Å². The highest BCUT2D eigenvalue weighted by Gasteiger charge is 2.15. The van der Waals surface area contributed by atoms with Crippen molar-refractivity contribution >= 4 is 40.8 Å². The second-order valence-corrected chi connectivity index (χ2v) is 6.07. The molecule has 8 heteroatoms. The topological polar surface area (TPSA) is 93.7 Å². The maximum atomic E-state index is 12.2. The van der Waals surface area contributed by atoms with Crippen molar-refractivity contribution < 1.29 is 23.9 Å². The highest BCUT2D eigenvalue weighted by atomic mass is 35.5. The summed E-state index contributed by atoms with van der Waals surface area (Å²) in [5.41, 5.74) is 1.85. The average molecular weight is 391 g/mol. The molecule has 2 N–H and O–H groups in total. The van der Waals surface area contributed by atoms with E-state index < -0.39 is 24.2 Å². The number of hydrogen-bond acceptors (Lipinski definition) is 5. The van der Waals surface area contributed by atoms with E-state index in [0.717, 1.165) is 5.56 Å². The van der Waals surface area contributed by atoms with Crippen LogP contribution in [-0.2, 0) is 14.3 Å². The Morgan fingerprint density at radius 2 is 1.63 bits per heavy atom. The average Bonchev–Trinajstić information content (AvgIpc) is 2.62. The molecule has 0 heterocycles. The molecule has 0 fully saturated rings. The van der Waals surface area contributed by atoms with Crippen LogP contribution in [0.3, 0.4) is 0 Å². The van der Waals surface area contributed by atoms with Crippen molar-refractivity contribution in [3.05, 3.63) is 52.5 Å². The zero-order chi connectivity index (χ0) is 20.0. The number of hydrogen-bond donors (Lipinski definition) is 2. The summed E-state index contributed by atoms with van der Waals surface area (Å²) in [7, 11) is 2.74. The van der Waals surface area contributed by atoms with Gasteiger partial charge in [0.15, 0.2) is 0 Å². The van der Waals surface area contributed by atoms with Gasteiger partial charge in [-0.25, -0.2) is 4.79 Å². The minimum Gasteiger partial charge on any atom is -0.495 e. The fourth-order valence-corrected chi connectivity index (χ4v) is 2.48. The summed E-state index contributed by atoms with van der Waals surface area (Å²) in [6.07, 6.45) is -0.435. The monoisotopic (exact) mass is 390 g/mol. The molecular weight excluding hydrogens is 372 g/mol. The van der Waals surface area contributed by atoms with E-state index in [1.54, 1.807) is 12.1 Å². The number of methoxy groups -OCH3 is 2. The van der Waals surface area contributed by atoms with E-state index in [4.69, 9.17) is 16.3 Å². The van der Waals surface area contributed by atoms with Gasteiger partial charge in [0.05, 0.1) is 36.2 Å². The summed E-state index contributed by atoms with van der Waals surface area (Å²) in [5, 5.41) is 5.39. The van der Waals surface area contributed by atoms with E-state index in [0.29, 0.717) is 11.4 Å². The lowest BCUT2D eigenvalue weighted by Gasteiger charge is -2.12. The van der Waals surface area contributed by atoms with E-state index >= 15 is 0 Å². The molecule has 27 heavy (non-hydrogen) atoms. The summed E-state index contributed by atoms with van der Waals surface area (Å²) in [6, 6.07) is 9.63. The molecule has 0 aromatic heterocycles. The molecule has 0 saturated carbocycles. The zero-order valence-corrected chi connectivity index (χ0v) is 15.8. The van der Waals surface area contributed by atoms with Crippen molar-refractivity contribution in [3.63, 3.8) is 0 Å². The Morgan fingerprint density at radius 3 is 2.26 bits per heavy atom. The summed E-state index contributed by atoms with van der Waals surface area (Å²) >= 11 is 6.03. The number of carbonyl (C=O) groups excluding carboxylic acids is 3. The first-order valence-corrected chi connectivity index (χ1v) is 8.34. The Hall–Kier alpha value is -3.06. The number of halogens is 1. The van der Waals surface area contributed by atoms with Crippen LogP contribution in [0.25, 0.3) is 0 Å². The lowest BCUT2D eigenvalue weighted by atomic mass is 10.2. The SMILES string of the molecule is COC(=O)c1ccc(Cl)c(NC(=O)CC(=O)Nc2cc(C)ccc2OC)c1. The van der Waals surface area contributed by atoms with Crippen LogP contribution < -0.4 is 15.4 Å². The van der Waals surface area contributed by atoms with Gasteiger partial charge in [0.25, 0.3) is 0 Å². The molecule has 0 aliphatic heterocycles. The van der Waals surface area contributed by atoms with Crippen LogP contribution >= 0.6 is 11.6 Å². The third-order valence-electron chi connectivity index (χ3n) is 3.61. The second-order valence-electron chi connectivity index (χ2n) is 5.66. The molecule has 0 unspecified atom stereocenters. The summed E-state index contributed by atoms with van der Waals surface area (Å²) in [4.78, 5) is 35.9. The van der Waals surface area contributed by atoms with E-state index in [-0.39, 0.29) is 16.3 Å². The quantitative estimate of drug-likeness (QED) is 0.582. The highest BCUT2D eigenvalue weighted by Crippen LogP contribution is 2.26. The molecule has 142 valence electrons. The standard InChI is InChI=1S/C19H19ClN2O5/c1-11-4-7-16(26-2)15(8-11)22-18(24)10-17(23)21-14-9-12(19(25)27-3)5-6-13(14)20/h4-9H,10H2,1-3H3,(H,21,23)(H,22,24). The molecule has 2 aromatic carbocycles. The molecular formula is C19H19ClN2O5. The van der Waals surface area contributed by atoms with Crippen molar-refractivity contribution in [2.75, 3.05) is 24.9 Å². The van der Waals surface area contributed by atoms with Crippen LogP contribution in [0.2, 0.25) is 5.02 Å². The van der Waals surface area contributed by atoms with E-state index in [1.165, 1.54) is 32.4 Å². The van der Waals surface area contributed by atoms with Crippen LogP contribution in [0.4, 0.5) is 11.4 Å². The minimum absolute atomic E-state index is 0.213. The number of benzene rings is 2. The van der Waals surface area contributed by atoms with Gasteiger partial charge in [0.1, 0.15) is 12.2 Å². The number of amides is 2.